The molecule has 2 heteroatoms. The largest absolute Gasteiger partial charge is 0.312 e. The fourth-order valence-corrected chi connectivity index (χ4v) is 2.11. The molecule has 1 saturated heterocycles. The van der Waals surface area contributed by atoms with E-state index in [1.807, 2.05) is 0 Å². The molecular formula is C10H20N2. The molecule has 1 saturated carbocycles. The van der Waals surface area contributed by atoms with Gasteiger partial charge in [-0.15, -0.1) is 0 Å². The zero-order chi connectivity index (χ0) is 8.55. The van der Waals surface area contributed by atoms with Crippen molar-refractivity contribution in [3.05, 3.63) is 0 Å². The summed E-state index contributed by atoms with van der Waals surface area (Å²) >= 11 is 0. The minimum absolute atomic E-state index is 0.760. The van der Waals surface area contributed by atoms with Crippen molar-refractivity contribution in [2.45, 2.75) is 25.8 Å². The second-order valence-electron chi connectivity index (χ2n) is 4.66. The van der Waals surface area contributed by atoms with Gasteiger partial charge in [-0.3, -0.25) is 0 Å². The first-order valence-electron chi connectivity index (χ1n) is 5.17. The average molecular weight is 168 g/mol. The first-order chi connectivity index (χ1) is 5.75. The summed E-state index contributed by atoms with van der Waals surface area (Å²) in [5, 5.41) is 3.68. The van der Waals surface area contributed by atoms with Crippen LogP contribution in [-0.2, 0) is 0 Å². The topological polar surface area (TPSA) is 15.3 Å². The Bertz CT molecular complexity index is 154. The molecule has 0 aromatic heterocycles. The maximum Gasteiger partial charge on any atom is 0.0232 e. The predicted octanol–water partition coefficient (Wildman–Crippen LogP) is 0.936. The molecule has 1 N–H and O–H groups in total. The highest BCUT2D eigenvalue weighted by molar-refractivity contribution is 4.87. The highest BCUT2D eigenvalue weighted by Gasteiger charge is 2.29. The van der Waals surface area contributed by atoms with Crippen LogP contribution in [-0.4, -0.2) is 37.6 Å². The van der Waals surface area contributed by atoms with Gasteiger partial charge in [0.1, 0.15) is 0 Å². The molecule has 1 heterocycles. The SMILES string of the molecule is CC1CN(C)CC1NCC1CC1. The number of rotatable bonds is 3. The Kier molecular flexibility index (Phi) is 2.37. The van der Waals surface area contributed by atoms with E-state index in [9.17, 15) is 0 Å². The van der Waals surface area contributed by atoms with Gasteiger partial charge in [-0.1, -0.05) is 6.92 Å². The molecule has 0 bridgehead atoms. The summed E-state index contributed by atoms with van der Waals surface area (Å²) in [7, 11) is 2.22. The number of hydrogen-bond donors (Lipinski definition) is 1. The van der Waals surface area contributed by atoms with Crippen molar-refractivity contribution in [1.82, 2.24) is 10.2 Å². The second-order valence-corrected chi connectivity index (χ2v) is 4.66. The molecule has 1 aliphatic carbocycles. The Balaban J connectivity index is 1.71. The molecule has 2 fully saturated rings. The molecule has 0 aromatic carbocycles. The monoisotopic (exact) mass is 168 g/mol. The lowest BCUT2D eigenvalue weighted by molar-refractivity contribution is 0.395. The Labute approximate surface area is 75.3 Å². The van der Waals surface area contributed by atoms with E-state index in [1.165, 1.54) is 32.5 Å². The lowest BCUT2D eigenvalue weighted by Crippen LogP contribution is -2.36. The molecule has 0 spiro atoms. The summed E-state index contributed by atoms with van der Waals surface area (Å²) in [5.41, 5.74) is 0. The number of likely N-dealkylation sites (N-methyl/N-ethyl adjacent to an activating group) is 1. The van der Waals surface area contributed by atoms with Gasteiger partial charge in [-0.05, 0) is 38.3 Å². The summed E-state index contributed by atoms with van der Waals surface area (Å²) in [5.74, 6) is 1.86. The zero-order valence-electron chi connectivity index (χ0n) is 8.21. The van der Waals surface area contributed by atoms with Gasteiger partial charge < -0.3 is 10.2 Å². The Morgan fingerprint density at radius 1 is 1.33 bits per heavy atom. The number of nitrogens with zero attached hydrogens (tertiary/aromatic N) is 1. The van der Waals surface area contributed by atoms with Crippen molar-refractivity contribution in [2.75, 3.05) is 26.7 Å². The van der Waals surface area contributed by atoms with Crippen molar-refractivity contribution in [3.8, 4) is 0 Å². The molecule has 70 valence electrons. The van der Waals surface area contributed by atoms with Gasteiger partial charge >= 0.3 is 0 Å². The van der Waals surface area contributed by atoms with Crippen LogP contribution in [0.4, 0.5) is 0 Å². The molecule has 0 aromatic rings. The van der Waals surface area contributed by atoms with Gasteiger partial charge in [0, 0.05) is 19.1 Å². The van der Waals surface area contributed by atoms with Crippen LogP contribution < -0.4 is 5.32 Å². The van der Waals surface area contributed by atoms with E-state index in [0.29, 0.717) is 0 Å². The van der Waals surface area contributed by atoms with Gasteiger partial charge in [-0.25, -0.2) is 0 Å². The molecule has 2 atom stereocenters. The lowest BCUT2D eigenvalue weighted by Gasteiger charge is -2.15. The fraction of sp³-hybridized carbons (Fsp3) is 1.00. The molecule has 2 rings (SSSR count). The van der Waals surface area contributed by atoms with Crippen LogP contribution in [0, 0.1) is 11.8 Å². The lowest BCUT2D eigenvalue weighted by atomic mass is 10.1. The number of nitrogens with one attached hydrogen (secondary N) is 1. The van der Waals surface area contributed by atoms with Crippen LogP contribution in [0.3, 0.4) is 0 Å². The van der Waals surface area contributed by atoms with E-state index in [-0.39, 0.29) is 0 Å². The summed E-state index contributed by atoms with van der Waals surface area (Å²) < 4.78 is 0. The smallest absolute Gasteiger partial charge is 0.0232 e. The van der Waals surface area contributed by atoms with Crippen LogP contribution >= 0.6 is 0 Å². The van der Waals surface area contributed by atoms with Crippen molar-refractivity contribution >= 4 is 0 Å². The molecule has 2 nitrogen and oxygen atoms in total. The highest BCUT2D eigenvalue weighted by Crippen LogP contribution is 2.28. The van der Waals surface area contributed by atoms with E-state index in [1.54, 1.807) is 0 Å². The third-order valence-electron chi connectivity index (χ3n) is 3.16. The Hall–Kier alpha value is -0.0800. The van der Waals surface area contributed by atoms with Gasteiger partial charge in [0.25, 0.3) is 0 Å². The molecule has 2 unspecified atom stereocenters. The summed E-state index contributed by atoms with van der Waals surface area (Å²) in [6.45, 7) is 6.13. The minimum Gasteiger partial charge on any atom is -0.312 e. The molecule has 0 radical (unpaired) electrons. The predicted molar refractivity (Wildman–Crippen MR) is 51.2 cm³/mol. The van der Waals surface area contributed by atoms with Crippen LogP contribution in [0.2, 0.25) is 0 Å². The first-order valence-corrected chi connectivity index (χ1v) is 5.17. The van der Waals surface area contributed by atoms with Crippen molar-refractivity contribution in [2.24, 2.45) is 11.8 Å². The van der Waals surface area contributed by atoms with Crippen molar-refractivity contribution in [1.29, 1.82) is 0 Å². The third kappa shape index (κ3) is 1.99. The van der Waals surface area contributed by atoms with E-state index in [2.05, 4.69) is 24.2 Å². The first kappa shape index (κ1) is 8.52. The van der Waals surface area contributed by atoms with E-state index >= 15 is 0 Å². The Morgan fingerprint density at radius 2 is 2.08 bits per heavy atom. The fourth-order valence-electron chi connectivity index (χ4n) is 2.11. The third-order valence-corrected chi connectivity index (χ3v) is 3.16. The maximum atomic E-state index is 3.68. The molecule has 1 aliphatic heterocycles. The molecular weight excluding hydrogens is 148 g/mol. The average Bonchev–Trinajstić information content (AvgIpc) is 2.76. The van der Waals surface area contributed by atoms with Crippen LogP contribution in [0.5, 0.6) is 0 Å². The van der Waals surface area contributed by atoms with Gasteiger partial charge in [-0.2, -0.15) is 0 Å². The van der Waals surface area contributed by atoms with Gasteiger partial charge in [0.2, 0.25) is 0 Å². The van der Waals surface area contributed by atoms with Crippen LogP contribution in [0.15, 0.2) is 0 Å². The van der Waals surface area contributed by atoms with Crippen molar-refractivity contribution in [3.63, 3.8) is 0 Å². The van der Waals surface area contributed by atoms with E-state index < -0.39 is 0 Å². The minimum atomic E-state index is 0.760. The summed E-state index contributed by atoms with van der Waals surface area (Å²) in [4.78, 5) is 2.43. The zero-order valence-corrected chi connectivity index (χ0v) is 8.21. The molecule has 2 aliphatic rings. The standard InChI is InChI=1S/C10H20N2/c1-8-6-12(2)7-10(8)11-5-9-3-4-9/h8-11H,3-7H2,1-2H3. The molecule has 12 heavy (non-hydrogen) atoms. The number of hydrogen-bond acceptors (Lipinski definition) is 2. The highest BCUT2D eigenvalue weighted by atomic mass is 15.2. The van der Waals surface area contributed by atoms with E-state index in [0.717, 1.165) is 17.9 Å². The number of likely N-dealkylation sites (tertiary alicyclic amines) is 1. The van der Waals surface area contributed by atoms with Crippen LogP contribution in [0.1, 0.15) is 19.8 Å². The maximum absolute atomic E-state index is 3.68. The quantitative estimate of drug-likeness (QED) is 0.674. The Morgan fingerprint density at radius 3 is 2.58 bits per heavy atom. The summed E-state index contributed by atoms with van der Waals surface area (Å²) in [6, 6.07) is 0.760. The normalized spacial score (nSPS) is 37.5. The second kappa shape index (κ2) is 3.35. The summed E-state index contributed by atoms with van der Waals surface area (Å²) in [6.07, 6.45) is 2.92. The van der Waals surface area contributed by atoms with Gasteiger partial charge in [0.15, 0.2) is 0 Å². The molecule has 0 amide bonds. The van der Waals surface area contributed by atoms with Crippen LogP contribution in [0.25, 0.3) is 0 Å². The van der Waals surface area contributed by atoms with Crippen molar-refractivity contribution < 1.29 is 0 Å². The van der Waals surface area contributed by atoms with Gasteiger partial charge in [0.05, 0.1) is 0 Å². The van der Waals surface area contributed by atoms with E-state index in [4.69, 9.17) is 0 Å².